The van der Waals surface area contributed by atoms with E-state index in [1.807, 2.05) is 0 Å². The highest BCUT2D eigenvalue weighted by Gasteiger charge is 2.74. The highest BCUT2D eigenvalue weighted by atomic mass is 16.5. The van der Waals surface area contributed by atoms with E-state index >= 15 is 0 Å². The van der Waals surface area contributed by atoms with Crippen LogP contribution >= 0.6 is 0 Å². The van der Waals surface area contributed by atoms with Crippen LogP contribution in [0.5, 0.6) is 0 Å². The summed E-state index contributed by atoms with van der Waals surface area (Å²) in [7, 11) is 0. The molecule has 0 N–H and O–H groups in total. The lowest BCUT2D eigenvalue weighted by atomic mass is 9.61. The molecule has 1 saturated heterocycles. The summed E-state index contributed by atoms with van der Waals surface area (Å²) in [6.45, 7) is 4.35. The van der Waals surface area contributed by atoms with Crippen LogP contribution in [0.3, 0.4) is 0 Å². The number of rotatable bonds is 4. The van der Waals surface area contributed by atoms with Crippen LogP contribution in [0.1, 0.15) is 26.2 Å². The first-order chi connectivity index (χ1) is 12.9. The molecule has 0 radical (unpaired) electrons. The van der Waals surface area contributed by atoms with Crippen LogP contribution in [0, 0.1) is 41.4 Å². The summed E-state index contributed by atoms with van der Waals surface area (Å²) in [5.74, 6) is 0.956. The summed E-state index contributed by atoms with van der Waals surface area (Å²) in [6, 6.07) is -0.0368. The smallest absolute Gasteiger partial charge is 0.330 e. The third kappa shape index (κ3) is 2.14. The Bertz CT molecular complexity index is 762. The minimum Gasteiger partial charge on any atom is -0.462 e. The largest absolute Gasteiger partial charge is 0.462 e. The Hall–Kier alpha value is -2.18. The zero-order valence-corrected chi connectivity index (χ0v) is 15.2. The Morgan fingerprint density at radius 2 is 1.93 bits per heavy atom. The highest BCUT2D eigenvalue weighted by molar-refractivity contribution is 6.03. The molecule has 27 heavy (non-hydrogen) atoms. The van der Waals surface area contributed by atoms with E-state index in [4.69, 9.17) is 9.47 Å². The molecule has 5 aliphatic rings. The van der Waals surface area contributed by atoms with Crippen LogP contribution in [-0.4, -0.2) is 47.4 Å². The quantitative estimate of drug-likeness (QED) is 0.315. The van der Waals surface area contributed by atoms with Gasteiger partial charge in [0, 0.05) is 13.0 Å². The van der Waals surface area contributed by atoms with Gasteiger partial charge in [-0.2, -0.15) is 0 Å². The topological polar surface area (TPSA) is 90.0 Å². The van der Waals surface area contributed by atoms with Gasteiger partial charge in [-0.15, -0.1) is 0 Å². The number of amides is 2. The van der Waals surface area contributed by atoms with Crippen molar-refractivity contribution in [3.8, 4) is 0 Å². The van der Waals surface area contributed by atoms with Crippen molar-refractivity contribution >= 4 is 23.8 Å². The zero-order chi connectivity index (χ0) is 19.0. The molecule has 5 fully saturated rings. The van der Waals surface area contributed by atoms with Gasteiger partial charge in [-0.25, -0.2) is 4.79 Å². The maximum atomic E-state index is 12.7. The molecule has 0 spiro atoms. The van der Waals surface area contributed by atoms with Crippen molar-refractivity contribution in [2.45, 2.75) is 38.3 Å². The average molecular weight is 373 g/mol. The fraction of sp³-hybridized carbons (Fsp3) is 0.700. The molecule has 7 nitrogen and oxygen atoms in total. The lowest BCUT2D eigenvalue weighted by molar-refractivity contribution is -0.180. The molecule has 2 amide bonds. The van der Waals surface area contributed by atoms with Gasteiger partial charge in [0.25, 0.3) is 5.91 Å². The Morgan fingerprint density at radius 3 is 2.63 bits per heavy atom. The monoisotopic (exact) mass is 373 g/mol. The lowest BCUT2D eigenvalue weighted by Crippen LogP contribution is -2.68. The predicted octanol–water partition coefficient (Wildman–Crippen LogP) is 0.923. The Balaban J connectivity index is 1.31. The van der Waals surface area contributed by atoms with Crippen molar-refractivity contribution < 1.29 is 28.7 Å². The molecule has 9 unspecified atom stereocenters. The number of likely N-dealkylation sites (tertiary alicyclic amines) is 1. The molecule has 0 aromatic carbocycles. The predicted molar refractivity (Wildman–Crippen MR) is 90.6 cm³/mol. The van der Waals surface area contributed by atoms with Crippen molar-refractivity contribution in [1.29, 1.82) is 0 Å². The standard InChI is InChI=1S/C20H23NO6/c1-3-15(24)26-7-14(23)21-19-12-6-11(18(19)20(21)25)17-10-4-9(16(12)17)5-13(10)27-8(2)22/h3,9-13,16-19H,1,4-7H2,2H3. The number of ether oxygens (including phenoxy) is 2. The molecule has 4 bridgehead atoms. The third-order valence-electron chi connectivity index (χ3n) is 7.78. The first-order valence-corrected chi connectivity index (χ1v) is 9.74. The van der Waals surface area contributed by atoms with Gasteiger partial charge >= 0.3 is 11.9 Å². The lowest BCUT2D eigenvalue weighted by Gasteiger charge is -2.53. The summed E-state index contributed by atoms with van der Waals surface area (Å²) < 4.78 is 10.4. The Labute approximate surface area is 157 Å². The number of fused-ring (bicyclic) bond motifs is 12. The summed E-state index contributed by atoms with van der Waals surface area (Å²) in [5, 5.41) is 0. The van der Waals surface area contributed by atoms with Crippen LogP contribution in [0.4, 0.5) is 0 Å². The van der Waals surface area contributed by atoms with Gasteiger partial charge in [-0.1, -0.05) is 6.58 Å². The average Bonchev–Trinajstić information content (AvgIpc) is 3.34. The van der Waals surface area contributed by atoms with Gasteiger partial charge in [0.05, 0.1) is 12.0 Å². The van der Waals surface area contributed by atoms with Gasteiger partial charge in [-0.05, 0) is 54.8 Å². The third-order valence-corrected chi connectivity index (χ3v) is 7.78. The number of hydrogen-bond donors (Lipinski definition) is 0. The number of hydrogen-bond acceptors (Lipinski definition) is 6. The van der Waals surface area contributed by atoms with Crippen LogP contribution in [0.25, 0.3) is 0 Å². The van der Waals surface area contributed by atoms with Crippen molar-refractivity contribution in [3.05, 3.63) is 12.7 Å². The molecule has 144 valence electrons. The minimum atomic E-state index is -0.662. The minimum absolute atomic E-state index is 0.00206. The second-order valence-electron chi connectivity index (χ2n) is 8.69. The molecule has 0 aromatic heterocycles. The van der Waals surface area contributed by atoms with Gasteiger partial charge in [0.1, 0.15) is 6.10 Å². The molecule has 5 rings (SSSR count). The van der Waals surface area contributed by atoms with Crippen molar-refractivity contribution in [2.24, 2.45) is 41.4 Å². The van der Waals surface area contributed by atoms with Crippen LogP contribution in [0.15, 0.2) is 12.7 Å². The summed E-state index contributed by atoms with van der Waals surface area (Å²) >= 11 is 0. The van der Waals surface area contributed by atoms with Crippen molar-refractivity contribution in [2.75, 3.05) is 6.61 Å². The van der Waals surface area contributed by atoms with E-state index in [1.54, 1.807) is 0 Å². The van der Waals surface area contributed by atoms with Crippen molar-refractivity contribution in [1.82, 2.24) is 4.90 Å². The molecule has 7 heteroatoms. The molecule has 1 heterocycles. The van der Waals surface area contributed by atoms with E-state index in [2.05, 4.69) is 6.58 Å². The number of β-lactam (4-membered cyclic amide) rings is 1. The molecule has 1 aliphatic heterocycles. The maximum Gasteiger partial charge on any atom is 0.330 e. The van der Waals surface area contributed by atoms with E-state index < -0.39 is 18.5 Å². The number of carbonyl (C=O) groups excluding carboxylic acids is 4. The van der Waals surface area contributed by atoms with E-state index in [1.165, 1.54) is 11.8 Å². The summed E-state index contributed by atoms with van der Waals surface area (Å²) in [5.41, 5.74) is 0. The fourth-order valence-corrected chi connectivity index (χ4v) is 7.33. The van der Waals surface area contributed by atoms with E-state index in [9.17, 15) is 19.2 Å². The van der Waals surface area contributed by atoms with Gasteiger partial charge in [-0.3, -0.25) is 19.3 Å². The van der Waals surface area contributed by atoms with E-state index in [-0.39, 0.29) is 29.9 Å². The zero-order valence-electron chi connectivity index (χ0n) is 15.2. The number of imide groups is 1. The van der Waals surface area contributed by atoms with E-state index in [0.29, 0.717) is 35.5 Å². The van der Waals surface area contributed by atoms with Crippen molar-refractivity contribution in [3.63, 3.8) is 0 Å². The molecule has 4 saturated carbocycles. The van der Waals surface area contributed by atoms with Crippen LogP contribution < -0.4 is 0 Å². The second kappa shape index (κ2) is 5.66. The van der Waals surface area contributed by atoms with Gasteiger partial charge in [0.2, 0.25) is 5.91 Å². The van der Waals surface area contributed by atoms with Gasteiger partial charge in [0.15, 0.2) is 6.61 Å². The first kappa shape index (κ1) is 17.0. The van der Waals surface area contributed by atoms with Crippen LogP contribution in [0.2, 0.25) is 0 Å². The maximum absolute atomic E-state index is 12.7. The molecule has 0 aromatic rings. The highest BCUT2D eigenvalue weighted by Crippen LogP contribution is 2.71. The second-order valence-corrected chi connectivity index (χ2v) is 8.69. The molecule has 9 atom stereocenters. The summed E-state index contributed by atoms with van der Waals surface area (Å²) in [4.78, 5) is 49.1. The summed E-state index contributed by atoms with van der Waals surface area (Å²) in [6.07, 6.45) is 3.96. The van der Waals surface area contributed by atoms with Crippen LogP contribution in [-0.2, 0) is 28.7 Å². The molecule has 4 aliphatic carbocycles. The molecular weight excluding hydrogens is 350 g/mol. The number of esters is 2. The number of carbonyl (C=O) groups is 4. The van der Waals surface area contributed by atoms with Gasteiger partial charge < -0.3 is 9.47 Å². The fourth-order valence-electron chi connectivity index (χ4n) is 7.33. The normalized spacial score (nSPS) is 45.1. The first-order valence-electron chi connectivity index (χ1n) is 9.74. The SMILES string of the molecule is C=CC(=O)OCC(=O)N1C(=O)C2C3CC(C4C5CC(OC(C)=O)C(C5)C34)C21. The molecular formula is C20H23NO6. The Morgan fingerprint density at radius 1 is 1.15 bits per heavy atom. The number of nitrogens with zero attached hydrogens (tertiary/aromatic N) is 1. The van der Waals surface area contributed by atoms with E-state index in [0.717, 1.165) is 25.3 Å². The Kier molecular flexibility index (Phi) is 3.55.